The van der Waals surface area contributed by atoms with Crippen molar-refractivity contribution in [1.82, 2.24) is 10.3 Å². The summed E-state index contributed by atoms with van der Waals surface area (Å²) < 4.78 is 29.6. The van der Waals surface area contributed by atoms with Crippen molar-refractivity contribution in [2.45, 2.75) is 24.7 Å². The third-order valence-corrected chi connectivity index (χ3v) is 5.15. The van der Waals surface area contributed by atoms with E-state index in [1.54, 1.807) is 30.3 Å². The number of ether oxygens (including phenoxy) is 1. The molecule has 6 nitrogen and oxygen atoms in total. The summed E-state index contributed by atoms with van der Waals surface area (Å²) in [7, 11) is -3.80. The van der Waals surface area contributed by atoms with Gasteiger partial charge in [-0.3, -0.25) is 10.2 Å². The van der Waals surface area contributed by atoms with Crippen molar-refractivity contribution in [3.05, 3.63) is 58.1 Å². The second-order valence-electron chi connectivity index (χ2n) is 5.49. The van der Waals surface area contributed by atoms with Crippen molar-refractivity contribution < 1.29 is 17.9 Å². The van der Waals surface area contributed by atoms with Crippen molar-refractivity contribution in [3.8, 4) is 5.75 Å². The van der Waals surface area contributed by atoms with Crippen LogP contribution in [0.15, 0.2) is 47.4 Å². The van der Waals surface area contributed by atoms with Crippen LogP contribution in [0.1, 0.15) is 18.4 Å². The van der Waals surface area contributed by atoms with E-state index in [4.69, 9.17) is 27.9 Å². The van der Waals surface area contributed by atoms with E-state index in [0.717, 1.165) is 5.56 Å². The summed E-state index contributed by atoms with van der Waals surface area (Å²) >= 11 is 11.8. The minimum Gasteiger partial charge on any atom is -0.492 e. The molecule has 26 heavy (non-hydrogen) atoms. The first kappa shape index (κ1) is 20.5. The van der Waals surface area contributed by atoms with Crippen LogP contribution in [0.25, 0.3) is 0 Å². The summed E-state index contributed by atoms with van der Waals surface area (Å²) in [6.45, 7) is 2.10. The van der Waals surface area contributed by atoms with Gasteiger partial charge >= 0.3 is 0 Å². The second-order valence-corrected chi connectivity index (χ2v) is 8.02. The molecule has 0 spiro atoms. The van der Waals surface area contributed by atoms with E-state index in [2.05, 4.69) is 10.3 Å². The molecule has 0 atom stereocenters. The van der Waals surface area contributed by atoms with Gasteiger partial charge in [-0.05, 0) is 43.7 Å². The van der Waals surface area contributed by atoms with Gasteiger partial charge in [-0.15, -0.1) is 4.83 Å². The van der Waals surface area contributed by atoms with Gasteiger partial charge in [-0.25, -0.2) is 8.42 Å². The number of carbonyl (C=O) groups excluding carboxylic acids is 1. The molecular formula is C17H18Cl2N2O4S. The quantitative estimate of drug-likeness (QED) is 0.509. The maximum absolute atomic E-state index is 12.1. The maximum Gasteiger partial charge on any atom is 0.257 e. The lowest BCUT2D eigenvalue weighted by Gasteiger charge is -2.10. The molecule has 0 aromatic heterocycles. The van der Waals surface area contributed by atoms with Gasteiger partial charge in [-0.2, -0.15) is 0 Å². The monoisotopic (exact) mass is 416 g/mol. The van der Waals surface area contributed by atoms with Crippen LogP contribution in [0.5, 0.6) is 5.75 Å². The summed E-state index contributed by atoms with van der Waals surface area (Å²) in [5.74, 6) is 0.00281. The fourth-order valence-electron chi connectivity index (χ4n) is 1.97. The van der Waals surface area contributed by atoms with Crippen molar-refractivity contribution >= 4 is 39.1 Å². The highest BCUT2D eigenvalue weighted by molar-refractivity contribution is 7.89. The van der Waals surface area contributed by atoms with Gasteiger partial charge in [0.2, 0.25) is 5.91 Å². The first-order chi connectivity index (χ1) is 12.3. The molecule has 1 amide bonds. The molecule has 0 radical (unpaired) electrons. The molecule has 0 saturated carbocycles. The van der Waals surface area contributed by atoms with Crippen LogP contribution in [-0.4, -0.2) is 20.9 Å². The van der Waals surface area contributed by atoms with Gasteiger partial charge in [0.15, 0.2) is 0 Å². The minimum absolute atomic E-state index is 0.0733. The smallest absolute Gasteiger partial charge is 0.257 e. The predicted octanol–water partition coefficient (Wildman–Crippen LogP) is 3.47. The highest BCUT2D eigenvalue weighted by Crippen LogP contribution is 2.27. The first-order valence-electron chi connectivity index (χ1n) is 7.73. The minimum atomic E-state index is -3.80. The molecule has 140 valence electrons. The van der Waals surface area contributed by atoms with Crippen molar-refractivity contribution in [2.75, 3.05) is 6.61 Å². The van der Waals surface area contributed by atoms with E-state index in [1.165, 1.54) is 12.1 Å². The number of benzene rings is 2. The number of rotatable bonds is 8. The van der Waals surface area contributed by atoms with Crippen molar-refractivity contribution in [3.63, 3.8) is 0 Å². The second kappa shape index (κ2) is 9.23. The number of sulfonamides is 1. The molecule has 0 aliphatic carbocycles. The predicted molar refractivity (Wildman–Crippen MR) is 101 cm³/mol. The van der Waals surface area contributed by atoms with E-state index in [-0.39, 0.29) is 17.9 Å². The van der Waals surface area contributed by atoms with Crippen LogP contribution in [0, 0.1) is 6.92 Å². The Hall–Kier alpha value is -1.80. The first-order valence-corrected chi connectivity index (χ1v) is 9.97. The standard InChI is InChI=1S/C17H18Cl2N2O4S/c1-12-4-7-14(8-5-12)26(23,24)21-20-17(22)3-2-10-25-16-9-6-13(18)11-15(16)19/h4-9,11,21H,2-3,10H2,1H3,(H,20,22). The zero-order chi connectivity index (χ0) is 19.2. The Morgan fingerprint density at radius 2 is 1.81 bits per heavy atom. The van der Waals surface area contributed by atoms with Crippen LogP contribution < -0.4 is 15.0 Å². The average molecular weight is 417 g/mol. The molecule has 0 fully saturated rings. The highest BCUT2D eigenvalue weighted by Gasteiger charge is 2.14. The molecular weight excluding hydrogens is 399 g/mol. The summed E-state index contributed by atoms with van der Waals surface area (Å²) in [5.41, 5.74) is 3.12. The van der Waals surface area contributed by atoms with Crippen LogP contribution in [-0.2, 0) is 14.8 Å². The number of aryl methyl sites for hydroxylation is 1. The summed E-state index contributed by atoms with van der Waals surface area (Å²) in [6.07, 6.45) is 0.471. The van der Waals surface area contributed by atoms with Crippen molar-refractivity contribution in [1.29, 1.82) is 0 Å². The van der Waals surface area contributed by atoms with Crippen molar-refractivity contribution in [2.24, 2.45) is 0 Å². The Morgan fingerprint density at radius 3 is 2.46 bits per heavy atom. The topological polar surface area (TPSA) is 84.5 Å². The number of nitrogens with one attached hydrogen (secondary N) is 2. The molecule has 2 aromatic rings. The zero-order valence-corrected chi connectivity index (χ0v) is 16.3. The Kier molecular flexibility index (Phi) is 7.28. The molecule has 9 heteroatoms. The van der Waals surface area contributed by atoms with Gasteiger partial charge in [0.1, 0.15) is 5.75 Å². The highest BCUT2D eigenvalue weighted by atomic mass is 35.5. The Bertz CT molecular complexity index is 871. The lowest BCUT2D eigenvalue weighted by molar-refractivity contribution is -0.121. The van der Waals surface area contributed by atoms with E-state index in [1.807, 2.05) is 6.92 Å². The molecule has 2 N–H and O–H groups in total. The number of hydrazine groups is 1. The lowest BCUT2D eigenvalue weighted by atomic mass is 10.2. The number of halogens is 2. The normalized spacial score (nSPS) is 11.2. The lowest BCUT2D eigenvalue weighted by Crippen LogP contribution is -2.41. The van der Waals surface area contributed by atoms with Crippen LogP contribution >= 0.6 is 23.2 Å². The van der Waals surface area contributed by atoms with Crippen LogP contribution in [0.3, 0.4) is 0 Å². The van der Waals surface area contributed by atoms with E-state index < -0.39 is 15.9 Å². The van der Waals surface area contributed by atoms with E-state index in [9.17, 15) is 13.2 Å². The Balaban J connectivity index is 1.74. The Morgan fingerprint density at radius 1 is 1.12 bits per heavy atom. The molecule has 0 bridgehead atoms. The molecule has 0 heterocycles. The SMILES string of the molecule is Cc1ccc(S(=O)(=O)NNC(=O)CCCOc2ccc(Cl)cc2Cl)cc1. The third kappa shape index (κ3) is 6.17. The van der Waals surface area contributed by atoms with Gasteiger partial charge < -0.3 is 4.74 Å². The fourth-order valence-corrected chi connectivity index (χ4v) is 3.29. The maximum atomic E-state index is 12.1. The molecule has 2 aromatic carbocycles. The van der Waals surface area contributed by atoms with Gasteiger partial charge in [-0.1, -0.05) is 40.9 Å². The fraction of sp³-hybridized carbons (Fsp3) is 0.235. The summed E-state index contributed by atoms with van der Waals surface area (Å²) in [5, 5.41) is 0.885. The molecule has 0 saturated heterocycles. The van der Waals surface area contributed by atoms with Gasteiger partial charge in [0.05, 0.1) is 16.5 Å². The van der Waals surface area contributed by atoms with E-state index >= 15 is 0 Å². The zero-order valence-electron chi connectivity index (χ0n) is 14.0. The molecule has 2 rings (SSSR count). The van der Waals surface area contributed by atoms with Crippen LogP contribution in [0.2, 0.25) is 10.0 Å². The third-order valence-electron chi connectivity index (χ3n) is 3.36. The number of hydrogen-bond acceptors (Lipinski definition) is 4. The van der Waals surface area contributed by atoms with E-state index in [0.29, 0.717) is 22.2 Å². The molecule has 0 aliphatic rings. The largest absolute Gasteiger partial charge is 0.492 e. The average Bonchev–Trinajstić information content (AvgIpc) is 2.59. The summed E-state index contributed by atoms with van der Waals surface area (Å²) in [4.78, 5) is 13.9. The Labute approximate surface area is 162 Å². The van der Waals surface area contributed by atoms with Crippen LogP contribution in [0.4, 0.5) is 0 Å². The van der Waals surface area contributed by atoms with Gasteiger partial charge in [0, 0.05) is 11.4 Å². The molecule has 0 aliphatic heterocycles. The summed E-state index contributed by atoms with van der Waals surface area (Å²) in [6, 6.07) is 11.1. The number of carbonyl (C=O) groups is 1. The molecule has 0 unspecified atom stereocenters. The number of hydrogen-bond donors (Lipinski definition) is 2. The number of amides is 1. The van der Waals surface area contributed by atoms with Gasteiger partial charge in [0.25, 0.3) is 10.0 Å².